The molecule has 1 heterocycles. The van der Waals surface area contributed by atoms with Gasteiger partial charge in [-0.1, -0.05) is 26.0 Å². The van der Waals surface area contributed by atoms with Crippen LogP contribution in [0.2, 0.25) is 0 Å². The van der Waals surface area contributed by atoms with E-state index < -0.39 is 10.0 Å². The fourth-order valence-electron chi connectivity index (χ4n) is 3.84. The van der Waals surface area contributed by atoms with Crippen molar-refractivity contribution in [1.29, 1.82) is 0 Å². The van der Waals surface area contributed by atoms with E-state index in [-0.39, 0.29) is 52.4 Å². The van der Waals surface area contributed by atoms with Gasteiger partial charge in [0.25, 0.3) is 11.8 Å². The molecule has 0 atom stereocenters. The van der Waals surface area contributed by atoms with Crippen LogP contribution in [-0.2, 0) is 10.0 Å². The van der Waals surface area contributed by atoms with Crippen LogP contribution in [0.1, 0.15) is 34.6 Å². The average Bonchev–Trinajstić information content (AvgIpc) is 2.83. The Morgan fingerprint density at radius 1 is 0.939 bits per heavy atom. The number of hydrogen-bond acceptors (Lipinski definition) is 6. The number of phenolic OH excluding ortho intramolecular Hbond substituents is 1. The number of aromatic hydroxyl groups is 1. The van der Waals surface area contributed by atoms with Crippen LogP contribution in [0.5, 0.6) is 11.5 Å². The molecular weight excluding hydrogens is 446 g/mol. The van der Waals surface area contributed by atoms with Crippen molar-refractivity contribution in [3.05, 3.63) is 53.6 Å². The molecule has 1 saturated heterocycles. The van der Waals surface area contributed by atoms with Crippen molar-refractivity contribution in [2.75, 3.05) is 46.4 Å². The van der Waals surface area contributed by atoms with Gasteiger partial charge in [-0.3, -0.25) is 9.59 Å². The Balaban J connectivity index is 1.79. The van der Waals surface area contributed by atoms with E-state index in [1.165, 1.54) is 35.7 Å². The van der Waals surface area contributed by atoms with Gasteiger partial charge in [-0.15, -0.1) is 0 Å². The lowest BCUT2D eigenvalue weighted by Crippen LogP contribution is -2.50. The fraction of sp³-hybridized carbons (Fsp3) is 0.391. The summed E-state index contributed by atoms with van der Waals surface area (Å²) in [7, 11) is -2.31. The molecular formula is C23H29N3O6S. The number of phenols is 1. The molecule has 178 valence electrons. The average molecular weight is 476 g/mol. The Kier molecular flexibility index (Phi) is 7.60. The molecule has 0 aromatic heterocycles. The minimum absolute atomic E-state index is 0.0312. The molecule has 1 N–H and O–H groups in total. The number of sulfonamides is 1. The lowest BCUT2D eigenvalue weighted by atomic mass is 10.1. The highest BCUT2D eigenvalue weighted by Gasteiger charge is 2.30. The Hall–Kier alpha value is -3.11. The number of rotatable bonds is 7. The quantitative estimate of drug-likeness (QED) is 0.657. The first-order chi connectivity index (χ1) is 15.7. The molecule has 33 heavy (non-hydrogen) atoms. The second kappa shape index (κ2) is 10.2. The summed E-state index contributed by atoms with van der Waals surface area (Å²) in [4.78, 5) is 29.2. The molecule has 0 bridgehead atoms. The SMILES string of the molecule is CCN(CC)S(=O)(=O)c1ccc(OC)c(C(=O)N2CCN(C(=O)c3ccccc3O)CC2)c1. The summed E-state index contributed by atoms with van der Waals surface area (Å²) >= 11 is 0. The highest BCUT2D eigenvalue weighted by atomic mass is 32.2. The van der Waals surface area contributed by atoms with Gasteiger partial charge >= 0.3 is 0 Å². The number of para-hydroxylation sites is 1. The van der Waals surface area contributed by atoms with Gasteiger partial charge in [0, 0.05) is 39.3 Å². The van der Waals surface area contributed by atoms with E-state index in [9.17, 15) is 23.1 Å². The highest BCUT2D eigenvalue weighted by molar-refractivity contribution is 7.89. The van der Waals surface area contributed by atoms with Crippen LogP contribution >= 0.6 is 0 Å². The van der Waals surface area contributed by atoms with E-state index >= 15 is 0 Å². The van der Waals surface area contributed by atoms with Gasteiger partial charge in [-0.25, -0.2) is 8.42 Å². The van der Waals surface area contributed by atoms with Crippen LogP contribution in [0, 0.1) is 0 Å². The number of carbonyl (C=O) groups excluding carboxylic acids is 2. The van der Waals surface area contributed by atoms with Gasteiger partial charge in [0.15, 0.2) is 0 Å². The zero-order valence-corrected chi connectivity index (χ0v) is 19.8. The first kappa shape index (κ1) is 24.5. The maximum atomic E-state index is 13.3. The number of benzene rings is 2. The third kappa shape index (κ3) is 4.96. The van der Waals surface area contributed by atoms with E-state index in [2.05, 4.69) is 0 Å². The van der Waals surface area contributed by atoms with Gasteiger partial charge in [-0.05, 0) is 30.3 Å². The zero-order chi connectivity index (χ0) is 24.2. The molecule has 0 radical (unpaired) electrons. The van der Waals surface area contributed by atoms with Crippen molar-refractivity contribution < 1.29 is 27.9 Å². The molecule has 1 aliphatic heterocycles. The molecule has 2 amide bonds. The van der Waals surface area contributed by atoms with Gasteiger partial charge in [0.2, 0.25) is 10.0 Å². The number of hydrogen-bond donors (Lipinski definition) is 1. The molecule has 9 nitrogen and oxygen atoms in total. The molecule has 2 aromatic carbocycles. The summed E-state index contributed by atoms with van der Waals surface area (Å²) in [6.45, 7) is 5.28. The summed E-state index contributed by atoms with van der Waals surface area (Å²) in [5.74, 6) is -0.466. The predicted molar refractivity (Wildman–Crippen MR) is 123 cm³/mol. The van der Waals surface area contributed by atoms with Gasteiger partial charge < -0.3 is 19.6 Å². The Labute approximate surface area is 194 Å². The minimum Gasteiger partial charge on any atom is -0.507 e. The number of ether oxygens (including phenoxy) is 1. The largest absolute Gasteiger partial charge is 0.507 e. The monoisotopic (exact) mass is 475 g/mol. The summed E-state index contributed by atoms with van der Waals surface area (Å²) in [5, 5.41) is 9.95. The number of methoxy groups -OCH3 is 1. The van der Waals surface area contributed by atoms with E-state index in [1.54, 1.807) is 41.8 Å². The zero-order valence-electron chi connectivity index (χ0n) is 19.0. The fourth-order valence-corrected chi connectivity index (χ4v) is 5.32. The van der Waals surface area contributed by atoms with E-state index in [0.717, 1.165) is 0 Å². The lowest BCUT2D eigenvalue weighted by molar-refractivity contribution is 0.0531. The van der Waals surface area contributed by atoms with Crippen LogP contribution < -0.4 is 4.74 Å². The molecule has 1 fully saturated rings. The van der Waals surface area contributed by atoms with Crippen LogP contribution in [0.25, 0.3) is 0 Å². The Morgan fingerprint density at radius 3 is 2.00 bits per heavy atom. The van der Waals surface area contributed by atoms with Crippen LogP contribution in [0.4, 0.5) is 0 Å². The molecule has 3 rings (SSSR count). The first-order valence-corrected chi connectivity index (χ1v) is 12.2. The Bertz CT molecular complexity index is 1120. The number of nitrogens with zero attached hydrogens (tertiary/aromatic N) is 3. The Morgan fingerprint density at radius 2 is 1.48 bits per heavy atom. The van der Waals surface area contributed by atoms with E-state index in [4.69, 9.17) is 4.74 Å². The standard InChI is InChI=1S/C23H29N3O6S/c1-4-26(5-2)33(30,31)17-10-11-21(32-3)19(16-17)23(29)25-14-12-24(13-15-25)22(28)18-8-6-7-9-20(18)27/h6-11,16,27H,4-5,12-15H2,1-3H3. The summed E-state index contributed by atoms with van der Waals surface area (Å²) < 4.78 is 32.5. The van der Waals surface area contributed by atoms with Crippen LogP contribution in [0.3, 0.4) is 0 Å². The molecule has 0 aliphatic carbocycles. The van der Waals surface area contributed by atoms with Crippen molar-refractivity contribution in [1.82, 2.24) is 14.1 Å². The van der Waals surface area contributed by atoms with Gasteiger partial charge in [-0.2, -0.15) is 4.31 Å². The normalized spacial score (nSPS) is 14.4. The summed E-state index contributed by atoms with van der Waals surface area (Å²) in [5.41, 5.74) is 0.375. The summed E-state index contributed by atoms with van der Waals surface area (Å²) in [6.07, 6.45) is 0. The van der Waals surface area contributed by atoms with Crippen molar-refractivity contribution in [3.8, 4) is 11.5 Å². The molecule has 2 aromatic rings. The van der Waals surface area contributed by atoms with Crippen LogP contribution in [0.15, 0.2) is 47.4 Å². The van der Waals surface area contributed by atoms with Crippen LogP contribution in [-0.4, -0.2) is 85.8 Å². The second-order valence-corrected chi connectivity index (χ2v) is 9.49. The molecule has 0 saturated carbocycles. The molecule has 0 unspecified atom stereocenters. The smallest absolute Gasteiger partial charge is 0.257 e. The predicted octanol–water partition coefficient (Wildman–Crippen LogP) is 2.03. The number of amides is 2. The number of carbonyl (C=O) groups is 2. The molecule has 0 spiro atoms. The van der Waals surface area contributed by atoms with Crippen molar-refractivity contribution in [3.63, 3.8) is 0 Å². The van der Waals surface area contributed by atoms with E-state index in [0.29, 0.717) is 26.2 Å². The first-order valence-electron chi connectivity index (χ1n) is 10.8. The minimum atomic E-state index is -3.74. The third-order valence-corrected chi connectivity index (χ3v) is 7.78. The maximum Gasteiger partial charge on any atom is 0.257 e. The van der Waals surface area contributed by atoms with Crippen molar-refractivity contribution >= 4 is 21.8 Å². The topological polar surface area (TPSA) is 107 Å². The van der Waals surface area contributed by atoms with Crippen molar-refractivity contribution in [2.45, 2.75) is 18.7 Å². The second-order valence-electron chi connectivity index (χ2n) is 7.55. The van der Waals surface area contributed by atoms with Gasteiger partial charge in [0.05, 0.1) is 23.1 Å². The third-order valence-electron chi connectivity index (χ3n) is 5.73. The van der Waals surface area contributed by atoms with E-state index in [1.807, 2.05) is 0 Å². The summed E-state index contributed by atoms with van der Waals surface area (Å²) in [6, 6.07) is 10.6. The highest BCUT2D eigenvalue weighted by Crippen LogP contribution is 2.27. The molecule has 1 aliphatic rings. The van der Waals surface area contributed by atoms with Gasteiger partial charge in [0.1, 0.15) is 11.5 Å². The maximum absolute atomic E-state index is 13.3. The lowest BCUT2D eigenvalue weighted by Gasteiger charge is -2.35. The van der Waals surface area contributed by atoms with Crippen molar-refractivity contribution in [2.24, 2.45) is 0 Å². The number of piperazine rings is 1. The molecule has 10 heteroatoms.